The van der Waals surface area contributed by atoms with Gasteiger partial charge in [-0.2, -0.15) is 0 Å². The van der Waals surface area contributed by atoms with E-state index in [1.807, 2.05) is 24.3 Å². The molecule has 0 spiro atoms. The van der Waals surface area contributed by atoms with Gasteiger partial charge >= 0.3 is 0 Å². The molecule has 0 amide bonds. The number of nitrogens with zero attached hydrogens (tertiary/aromatic N) is 1. The van der Waals surface area contributed by atoms with Crippen LogP contribution >= 0.6 is 11.6 Å². The normalized spacial score (nSPS) is 9.93. The van der Waals surface area contributed by atoms with Crippen LogP contribution in [0.2, 0.25) is 5.02 Å². The lowest BCUT2D eigenvalue weighted by atomic mass is 10.0. The third-order valence-corrected chi connectivity index (χ3v) is 2.41. The monoisotopic (exact) mass is 217 g/mol. The summed E-state index contributed by atoms with van der Waals surface area (Å²) in [5.41, 5.74) is 2.21. The first-order valence-electron chi connectivity index (χ1n) is 4.49. The number of benzene rings is 2. The largest absolute Gasteiger partial charge is 0.145 e. The number of nitroso groups, excluding NO2 is 1. The van der Waals surface area contributed by atoms with Gasteiger partial charge in [-0.3, -0.25) is 0 Å². The molecule has 15 heavy (non-hydrogen) atoms. The van der Waals surface area contributed by atoms with Crippen LogP contribution in [0.15, 0.2) is 53.7 Å². The van der Waals surface area contributed by atoms with E-state index in [0.29, 0.717) is 10.7 Å². The summed E-state index contributed by atoms with van der Waals surface area (Å²) < 4.78 is 0. The van der Waals surface area contributed by atoms with Gasteiger partial charge in [0.05, 0.1) is 0 Å². The summed E-state index contributed by atoms with van der Waals surface area (Å²) in [4.78, 5) is 10.6. The van der Waals surface area contributed by atoms with Gasteiger partial charge in [0, 0.05) is 10.6 Å². The Morgan fingerprint density at radius 1 is 0.933 bits per heavy atom. The van der Waals surface area contributed by atoms with Gasteiger partial charge in [0.15, 0.2) is 0 Å². The molecule has 2 aromatic rings. The highest BCUT2D eigenvalue weighted by atomic mass is 35.5. The summed E-state index contributed by atoms with van der Waals surface area (Å²) >= 11 is 5.79. The second kappa shape index (κ2) is 4.24. The maximum Gasteiger partial charge on any atom is 0.115 e. The van der Waals surface area contributed by atoms with E-state index in [1.165, 1.54) is 0 Å². The van der Waals surface area contributed by atoms with Crippen molar-refractivity contribution < 1.29 is 0 Å². The van der Waals surface area contributed by atoms with E-state index in [0.717, 1.165) is 11.1 Å². The van der Waals surface area contributed by atoms with Gasteiger partial charge in [0.25, 0.3) is 0 Å². The summed E-state index contributed by atoms with van der Waals surface area (Å²) in [5.74, 6) is 0. The fraction of sp³-hybridized carbons (Fsp3) is 0. The van der Waals surface area contributed by atoms with Gasteiger partial charge in [-0.25, -0.2) is 0 Å². The lowest BCUT2D eigenvalue weighted by Gasteiger charge is -2.03. The first-order chi connectivity index (χ1) is 7.31. The molecule has 2 rings (SSSR count). The van der Waals surface area contributed by atoms with Crippen molar-refractivity contribution in [3.8, 4) is 11.1 Å². The van der Waals surface area contributed by atoms with Crippen LogP contribution in [0, 0.1) is 4.91 Å². The fourth-order valence-electron chi connectivity index (χ4n) is 1.43. The van der Waals surface area contributed by atoms with Gasteiger partial charge in [0.1, 0.15) is 5.69 Å². The van der Waals surface area contributed by atoms with Crippen LogP contribution in [0.3, 0.4) is 0 Å². The predicted octanol–water partition coefficient (Wildman–Crippen LogP) is 4.40. The molecule has 74 valence electrons. The van der Waals surface area contributed by atoms with Crippen molar-refractivity contribution in [3.05, 3.63) is 58.5 Å². The van der Waals surface area contributed by atoms with E-state index < -0.39 is 0 Å². The Morgan fingerprint density at radius 3 is 2.27 bits per heavy atom. The maximum atomic E-state index is 10.6. The molecule has 0 aromatic heterocycles. The Morgan fingerprint density at radius 2 is 1.60 bits per heavy atom. The number of hydrogen-bond acceptors (Lipinski definition) is 2. The molecule has 0 aliphatic carbocycles. The zero-order chi connectivity index (χ0) is 10.7. The predicted molar refractivity (Wildman–Crippen MR) is 62.3 cm³/mol. The number of rotatable bonds is 2. The number of hydrogen-bond donors (Lipinski definition) is 0. The Labute approximate surface area is 92.5 Å². The molecule has 0 saturated carbocycles. The first-order valence-corrected chi connectivity index (χ1v) is 4.87. The highest BCUT2D eigenvalue weighted by Gasteiger charge is 2.03. The van der Waals surface area contributed by atoms with Crippen LogP contribution < -0.4 is 0 Å². The molecule has 0 radical (unpaired) electrons. The maximum absolute atomic E-state index is 10.6. The summed E-state index contributed by atoms with van der Waals surface area (Å²) in [5, 5.41) is 3.66. The fourth-order valence-corrected chi connectivity index (χ4v) is 1.55. The molecule has 0 aliphatic heterocycles. The highest BCUT2D eigenvalue weighted by molar-refractivity contribution is 6.30. The summed E-state index contributed by atoms with van der Waals surface area (Å²) in [6, 6.07) is 14.5. The van der Waals surface area contributed by atoms with Crippen molar-refractivity contribution in [1.82, 2.24) is 0 Å². The summed E-state index contributed by atoms with van der Waals surface area (Å²) in [7, 11) is 0. The molecule has 0 bridgehead atoms. The smallest absolute Gasteiger partial charge is 0.115 e. The van der Waals surface area contributed by atoms with Crippen molar-refractivity contribution in [2.75, 3.05) is 0 Å². The molecular formula is C12H8ClNO. The lowest BCUT2D eigenvalue weighted by molar-refractivity contribution is 1.48. The molecule has 2 aromatic carbocycles. The summed E-state index contributed by atoms with van der Waals surface area (Å²) in [6.45, 7) is 0. The minimum Gasteiger partial charge on any atom is -0.145 e. The van der Waals surface area contributed by atoms with Crippen molar-refractivity contribution in [3.63, 3.8) is 0 Å². The van der Waals surface area contributed by atoms with Gasteiger partial charge < -0.3 is 0 Å². The lowest BCUT2D eigenvalue weighted by Crippen LogP contribution is -1.77. The van der Waals surface area contributed by atoms with E-state index in [4.69, 9.17) is 11.6 Å². The SMILES string of the molecule is O=Nc1ccccc1-c1ccc(Cl)cc1. The van der Waals surface area contributed by atoms with E-state index in [1.54, 1.807) is 24.3 Å². The molecule has 0 fully saturated rings. The zero-order valence-corrected chi connectivity index (χ0v) is 8.61. The Bertz CT molecular complexity index is 479. The topological polar surface area (TPSA) is 29.4 Å². The molecule has 0 heterocycles. The van der Waals surface area contributed by atoms with Gasteiger partial charge in [-0.15, -0.1) is 4.91 Å². The van der Waals surface area contributed by atoms with Crippen LogP contribution in [0.1, 0.15) is 0 Å². The van der Waals surface area contributed by atoms with E-state index in [-0.39, 0.29) is 0 Å². The van der Waals surface area contributed by atoms with Crippen molar-refractivity contribution in [1.29, 1.82) is 0 Å². The minimum absolute atomic E-state index is 0.444. The van der Waals surface area contributed by atoms with E-state index in [2.05, 4.69) is 5.18 Å². The molecule has 0 aliphatic rings. The molecule has 3 heteroatoms. The van der Waals surface area contributed by atoms with Crippen LogP contribution in [0.4, 0.5) is 5.69 Å². The average Bonchev–Trinajstić information content (AvgIpc) is 2.30. The van der Waals surface area contributed by atoms with Crippen molar-refractivity contribution in [2.24, 2.45) is 5.18 Å². The van der Waals surface area contributed by atoms with E-state index >= 15 is 0 Å². The van der Waals surface area contributed by atoms with Crippen LogP contribution in [0.5, 0.6) is 0 Å². The molecule has 0 N–H and O–H groups in total. The molecule has 0 unspecified atom stereocenters. The van der Waals surface area contributed by atoms with Crippen LogP contribution in [-0.4, -0.2) is 0 Å². The second-order valence-corrected chi connectivity index (χ2v) is 3.55. The molecule has 2 nitrogen and oxygen atoms in total. The Kier molecular flexibility index (Phi) is 2.79. The third kappa shape index (κ3) is 2.05. The quantitative estimate of drug-likeness (QED) is 0.686. The highest BCUT2D eigenvalue weighted by Crippen LogP contribution is 2.30. The molecule has 0 saturated heterocycles. The number of halogens is 1. The van der Waals surface area contributed by atoms with Crippen LogP contribution in [0.25, 0.3) is 11.1 Å². The van der Waals surface area contributed by atoms with E-state index in [9.17, 15) is 4.91 Å². The standard InChI is InChI=1S/C12H8ClNO/c13-10-7-5-9(6-8-10)11-3-1-2-4-12(11)14-15/h1-8H. The minimum atomic E-state index is 0.444. The van der Waals surface area contributed by atoms with Crippen molar-refractivity contribution >= 4 is 17.3 Å². The average molecular weight is 218 g/mol. The zero-order valence-electron chi connectivity index (χ0n) is 7.85. The van der Waals surface area contributed by atoms with Gasteiger partial charge in [0.2, 0.25) is 0 Å². The Hall–Kier alpha value is -1.67. The van der Waals surface area contributed by atoms with Crippen molar-refractivity contribution in [2.45, 2.75) is 0 Å². The third-order valence-electron chi connectivity index (χ3n) is 2.16. The first kappa shape index (κ1) is 9.87. The Balaban J connectivity index is 2.53. The second-order valence-electron chi connectivity index (χ2n) is 3.12. The molecule has 0 atom stereocenters. The van der Waals surface area contributed by atoms with Crippen LogP contribution in [-0.2, 0) is 0 Å². The van der Waals surface area contributed by atoms with Gasteiger partial charge in [-0.05, 0) is 28.9 Å². The van der Waals surface area contributed by atoms with Gasteiger partial charge in [-0.1, -0.05) is 41.9 Å². The molecular weight excluding hydrogens is 210 g/mol. The summed E-state index contributed by atoms with van der Waals surface area (Å²) in [6.07, 6.45) is 0.